The SMILES string of the molecule is Fc1ccc2nccc(C3CCC(Cc4nc(-c5ccc(Cl)cc5)c[nH]4)CC3)c2c1. The number of aromatic nitrogens is 3. The lowest BCUT2D eigenvalue weighted by Gasteiger charge is -2.29. The van der Waals surface area contributed by atoms with Crippen LogP contribution in [0, 0.1) is 11.7 Å². The molecule has 5 rings (SSSR count). The van der Waals surface area contributed by atoms with Crippen LogP contribution in [0.3, 0.4) is 0 Å². The number of hydrogen-bond donors (Lipinski definition) is 1. The summed E-state index contributed by atoms with van der Waals surface area (Å²) < 4.78 is 13.8. The van der Waals surface area contributed by atoms with Crippen molar-refractivity contribution < 1.29 is 4.39 Å². The molecule has 3 nitrogen and oxygen atoms in total. The van der Waals surface area contributed by atoms with Gasteiger partial charge >= 0.3 is 0 Å². The van der Waals surface area contributed by atoms with Gasteiger partial charge in [0.15, 0.2) is 0 Å². The summed E-state index contributed by atoms with van der Waals surface area (Å²) in [6, 6.07) is 14.7. The number of hydrogen-bond acceptors (Lipinski definition) is 2. The summed E-state index contributed by atoms with van der Waals surface area (Å²) in [4.78, 5) is 12.5. The molecule has 1 N–H and O–H groups in total. The Kier molecular flexibility index (Phi) is 5.26. The first kappa shape index (κ1) is 19.3. The van der Waals surface area contributed by atoms with Crippen LogP contribution in [0.25, 0.3) is 22.2 Å². The minimum atomic E-state index is -0.195. The quantitative estimate of drug-likeness (QED) is 0.389. The van der Waals surface area contributed by atoms with Crippen molar-refractivity contribution in [1.29, 1.82) is 0 Å². The molecule has 0 atom stereocenters. The van der Waals surface area contributed by atoms with E-state index < -0.39 is 0 Å². The summed E-state index contributed by atoms with van der Waals surface area (Å²) in [6.45, 7) is 0. The van der Waals surface area contributed by atoms with Crippen molar-refractivity contribution in [3.63, 3.8) is 0 Å². The zero-order valence-corrected chi connectivity index (χ0v) is 17.4. The lowest BCUT2D eigenvalue weighted by atomic mass is 9.77. The van der Waals surface area contributed by atoms with Crippen molar-refractivity contribution in [3.05, 3.63) is 83.2 Å². The zero-order chi connectivity index (χ0) is 20.5. The van der Waals surface area contributed by atoms with Crippen LogP contribution >= 0.6 is 11.6 Å². The molecule has 0 bridgehead atoms. The molecule has 1 saturated carbocycles. The largest absolute Gasteiger partial charge is 0.348 e. The number of halogens is 2. The summed E-state index contributed by atoms with van der Waals surface area (Å²) in [6.07, 6.45) is 9.33. The van der Waals surface area contributed by atoms with Gasteiger partial charge in [-0.3, -0.25) is 4.98 Å². The molecule has 0 saturated heterocycles. The van der Waals surface area contributed by atoms with E-state index in [0.29, 0.717) is 11.8 Å². The molecule has 5 heteroatoms. The topological polar surface area (TPSA) is 41.6 Å². The minimum absolute atomic E-state index is 0.195. The number of aromatic amines is 1. The molecule has 0 radical (unpaired) electrons. The Balaban J connectivity index is 1.25. The van der Waals surface area contributed by atoms with Crippen molar-refractivity contribution in [2.75, 3.05) is 0 Å². The van der Waals surface area contributed by atoms with Gasteiger partial charge in [0.1, 0.15) is 11.6 Å². The molecular weight excluding hydrogens is 397 g/mol. The van der Waals surface area contributed by atoms with Gasteiger partial charge < -0.3 is 4.98 Å². The van der Waals surface area contributed by atoms with E-state index in [4.69, 9.17) is 16.6 Å². The van der Waals surface area contributed by atoms with Crippen LogP contribution in [0.5, 0.6) is 0 Å². The van der Waals surface area contributed by atoms with Crippen LogP contribution in [0.15, 0.2) is 60.9 Å². The Morgan fingerprint density at radius 1 is 1.00 bits per heavy atom. The van der Waals surface area contributed by atoms with Gasteiger partial charge in [0, 0.05) is 34.8 Å². The summed E-state index contributed by atoms with van der Waals surface area (Å²) in [5.41, 5.74) is 4.14. The highest BCUT2D eigenvalue weighted by Gasteiger charge is 2.24. The Morgan fingerprint density at radius 3 is 2.60 bits per heavy atom. The third-order valence-electron chi connectivity index (χ3n) is 6.28. The lowest BCUT2D eigenvalue weighted by molar-refractivity contribution is 0.322. The van der Waals surface area contributed by atoms with Gasteiger partial charge in [-0.05, 0) is 79.5 Å². The van der Waals surface area contributed by atoms with E-state index >= 15 is 0 Å². The van der Waals surface area contributed by atoms with Crippen molar-refractivity contribution in [3.8, 4) is 11.3 Å². The number of H-pyrrole nitrogens is 1. The van der Waals surface area contributed by atoms with Crippen LogP contribution in [0.4, 0.5) is 4.39 Å². The summed E-state index contributed by atoms with van der Waals surface area (Å²) in [5, 5.41) is 1.69. The predicted octanol–water partition coefficient (Wildman–Crippen LogP) is 6.93. The molecule has 1 aliphatic rings. The first-order valence-corrected chi connectivity index (χ1v) is 10.9. The van der Waals surface area contributed by atoms with Crippen LogP contribution in [0.2, 0.25) is 5.02 Å². The maximum atomic E-state index is 13.8. The van der Waals surface area contributed by atoms with Crippen LogP contribution in [-0.2, 0) is 6.42 Å². The second-order valence-electron chi connectivity index (χ2n) is 8.22. The molecule has 152 valence electrons. The van der Waals surface area contributed by atoms with E-state index in [1.807, 2.05) is 36.7 Å². The molecule has 1 aliphatic carbocycles. The Morgan fingerprint density at radius 2 is 1.80 bits per heavy atom. The van der Waals surface area contributed by atoms with E-state index in [9.17, 15) is 4.39 Å². The van der Waals surface area contributed by atoms with Crippen molar-refractivity contribution in [2.24, 2.45) is 5.92 Å². The van der Waals surface area contributed by atoms with Gasteiger partial charge in [-0.15, -0.1) is 0 Å². The fraction of sp³-hybridized carbons (Fsp3) is 0.280. The van der Waals surface area contributed by atoms with Gasteiger partial charge in [-0.1, -0.05) is 23.7 Å². The molecule has 4 aromatic rings. The maximum absolute atomic E-state index is 13.8. The smallest absolute Gasteiger partial charge is 0.123 e. The standard InChI is InChI=1S/C25H23ClFN3/c26-19-7-5-18(6-8-19)24-15-29-25(30-24)13-16-1-3-17(4-2-16)21-11-12-28-23-10-9-20(27)14-22(21)23/h5-12,14-17H,1-4,13H2,(H,29,30). The summed E-state index contributed by atoms with van der Waals surface area (Å²) in [5.74, 6) is 1.93. The van der Waals surface area contributed by atoms with Gasteiger partial charge in [0.25, 0.3) is 0 Å². The van der Waals surface area contributed by atoms with Crippen molar-refractivity contribution >= 4 is 22.5 Å². The number of benzene rings is 2. The second-order valence-corrected chi connectivity index (χ2v) is 8.66. The Bertz CT molecular complexity index is 1160. The normalized spacial score (nSPS) is 19.3. The molecule has 1 fully saturated rings. The number of pyridine rings is 1. The maximum Gasteiger partial charge on any atom is 0.123 e. The molecule has 30 heavy (non-hydrogen) atoms. The molecule has 2 aromatic carbocycles. The third kappa shape index (κ3) is 3.97. The van der Waals surface area contributed by atoms with E-state index in [2.05, 4.69) is 16.0 Å². The van der Waals surface area contributed by atoms with E-state index in [1.165, 1.54) is 11.6 Å². The van der Waals surface area contributed by atoms with Crippen LogP contribution < -0.4 is 0 Å². The minimum Gasteiger partial charge on any atom is -0.348 e. The van der Waals surface area contributed by atoms with Crippen LogP contribution in [0.1, 0.15) is 43.0 Å². The zero-order valence-electron chi connectivity index (χ0n) is 16.6. The number of nitrogens with zero attached hydrogens (tertiary/aromatic N) is 2. The predicted molar refractivity (Wildman–Crippen MR) is 119 cm³/mol. The molecule has 2 heterocycles. The molecule has 2 aromatic heterocycles. The molecule has 0 unspecified atom stereocenters. The van der Waals surface area contributed by atoms with Crippen molar-refractivity contribution in [1.82, 2.24) is 15.0 Å². The van der Waals surface area contributed by atoms with E-state index in [0.717, 1.165) is 65.1 Å². The monoisotopic (exact) mass is 419 g/mol. The van der Waals surface area contributed by atoms with E-state index in [1.54, 1.807) is 12.1 Å². The number of rotatable bonds is 4. The lowest BCUT2D eigenvalue weighted by Crippen LogP contribution is -2.16. The Labute approximate surface area is 180 Å². The average Bonchev–Trinajstić information content (AvgIpc) is 3.23. The average molecular weight is 420 g/mol. The molecule has 0 amide bonds. The first-order chi connectivity index (χ1) is 14.7. The molecule has 0 spiro atoms. The first-order valence-electron chi connectivity index (χ1n) is 10.5. The number of fused-ring (bicyclic) bond motifs is 1. The second kappa shape index (κ2) is 8.19. The third-order valence-corrected chi connectivity index (χ3v) is 6.53. The van der Waals surface area contributed by atoms with Gasteiger partial charge in [0.05, 0.1) is 11.2 Å². The molecule has 0 aliphatic heterocycles. The Hall–Kier alpha value is -2.72. The highest BCUT2D eigenvalue weighted by atomic mass is 35.5. The highest BCUT2D eigenvalue weighted by Crippen LogP contribution is 2.39. The van der Waals surface area contributed by atoms with Crippen molar-refractivity contribution in [2.45, 2.75) is 38.0 Å². The summed E-state index contributed by atoms with van der Waals surface area (Å²) in [7, 11) is 0. The van der Waals surface area contributed by atoms with Crippen LogP contribution in [-0.4, -0.2) is 15.0 Å². The number of nitrogens with one attached hydrogen (secondary N) is 1. The fourth-order valence-electron chi connectivity index (χ4n) is 4.68. The van der Waals surface area contributed by atoms with Gasteiger partial charge in [-0.2, -0.15) is 0 Å². The highest BCUT2D eigenvalue weighted by molar-refractivity contribution is 6.30. The number of imidazole rings is 1. The van der Waals surface area contributed by atoms with Gasteiger partial charge in [-0.25, -0.2) is 9.37 Å². The van der Waals surface area contributed by atoms with E-state index in [-0.39, 0.29) is 5.82 Å². The summed E-state index contributed by atoms with van der Waals surface area (Å²) >= 11 is 5.98. The molecular formula is C25H23ClFN3. The fourth-order valence-corrected chi connectivity index (χ4v) is 4.81. The van der Waals surface area contributed by atoms with Gasteiger partial charge in [0.2, 0.25) is 0 Å².